The van der Waals surface area contributed by atoms with Crippen molar-refractivity contribution in [2.75, 3.05) is 7.11 Å². The van der Waals surface area contributed by atoms with E-state index < -0.39 is 0 Å². The highest BCUT2D eigenvalue weighted by molar-refractivity contribution is 9.10. The number of hydrogen-bond donors (Lipinski definition) is 0. The summed E-state index contributed by atoms with van der Waals surface area (Å²) in [6.45, 7) is 0. The molecule has 0 atom stereocenters. The number of halogens is 1. The maximum atomic E-state index is 5.35. The van der Waals surface area contributed by atoms with E-state index in [9.17, 15) is 0 Å². The number of nitrogens with zero attached hydrogens (tertiary/aromatic N) is 3. The lowest BCUT2D eigenvalue weighted by atomic mass is 10.2. The van der Waals surface area contributed by atoms with E-state index in [0.717, 1.165) is 27.3 Å². The van der Waals surface area contributed by atoms with Crippen molar-refractivity contribution in [2.45, 2.75) is 0 Å². The van der Waals surface area contributed by atoms with E-state index in [-0.39, 0.29) is 0 Å². The molecule has 3 aromatic rings. The standard InChI is InChI=1S/C13H10BrN3O/c1-18-11-5-3-2-4-10(11)13-16-15-12-8-9(14)6-7-17(12)13/h2-8H,1H3. The summed E-state index contributed by atoms with van der Waals surface area (Å²) in [4.78, 5) is 0. The van der Waals surface area contributed by atoms with Crippen LogP contribution in [0.25, 0.3) is 17.0 Å². The smallest absolute Gasteiger partial charge is 0.172 e. The lowest BCUT2D eigenvalue weighted by Gasteiger charge is -2.06. The Labute approximate surface area is 112 Å². The van der Waals surface area contributed by atoms with Crippen molar-refractivity contribution >= 4 is 21.6 Å². The molecule has 2 aromatic heterocycles. The topological polar surface area (TPSA) is 39.4 Å². The van der Waals surface area contributed by atoms with Gasteiger partial charge in [-0.2, -0.15) is 0 Å². The molecule has 2 heterocycles. The molecule has 1 aromatic carbocycles. The lowest BCUT2D eigenvalue weighted by Crippen LogP contribution is -1.92. The summed E-state index contributed by atoms with van der Waals surface area (Å²) in [6.07, 6.45) is 1.93. The number of ether oxygens (including phenoxy) is 1. The van der Waals surface area contributed by atoms with E-state index in [2.05, 4.69) is 26.1 Å². The molecule has 5 heteroatoms. The van der Waals surface area contributed by atoms with Gasteiger partial charge in [0.2, 0.25) is 0 Å². The van der Waals surface area contributed by atoms with Crippen molar-refractivity contribution in [2.24, 2.45) is 0 Å². The molecule has 0 fully saturated rings. The fourth-order valence-corrected chi connectivity index (χ4v) is 2.20. The molecule has 0 saturated heterocycles. The van der Waals surface area contributed by atoms with Gasteiger partial charge in [0.1, 0.15) is 5.75 Å². The van der Waals surface area contributed by atoms with Crippen molar-refractivity contribution in [3.05, 3.63) is 47.1 Å². The highest BCUT2D eigenvalue weighted by Gasteiger charge is 2.12. The molecule has 0 aliphatic carbocycles. The summed E-state index contributed by atoms with van der Waals surface area (Å²) in [7, 11) is 1.65. The highest BCUT2D eigenvalue weighted by Crippen LogP contribution is 2.28. The molecule has 0 radical (unpaired) electrons. The van der Waals surface area contributed by atoms with Crippen LogP contribution < -0.4 is 4.74 Å². The average molecular weight is 304 g/mol. The summed E-state index contributed by atoms with van der Waals surface area (Å²) in [5.41, 5.74) is 1.72. The molecule has 90 valence electrons. The predicted octanol–water partition coefficient (Wildman–Crippen LogP) is 3.17. The van der Waals surface area contributed by atoms with Crippen LogP contribution >= 0.6 is 15.9 Å². The molecule has 0 amide bonds. The van der Waals surface area contributed by atoms with Crippen LogP contribution in [-0.4, -0.2) is 21.7 Å². The van der Waals surface area contributed by atoms with Crippen molar-refractivity contribution in [1.29, 1.82) is 0 Å². The van der Waals surface area contributed by atoms with E-state index >= 15 is 0 Å². The van der Waals surface area contributed by atoms with Gasteiger partial charge >= 0.3 is 0 Å². The molecule has 0 saturated carbocycles. The number of aromatic nitrogens is 3. The summed E-state index contributed by atoms with van der Waals surface area (Å²) in [5.74, 6) is 1.56. The lowest BCUT2D eigenvalue weighted by molar-refractivity contribution is 0.416. The Hall–Kier alpha value is -1.88. The molecule has 0 aliphatic rings. The number of pyridine rings is 1. The van der Waals surface area contributed by atoms with E-state index in [1.165, 1.54) is 0 Å². The zero-order valence-electron chi connectivity index (χ0n) is 9.67. The molecule has 0 aliphatic heterocycles. The van der Waals surface area contributed by atoms with Gasteiger partial charge < -0.3 is 4.74 Å². The van der Waals surface area contributed by atoms with Crippen LogP contribution in [0.5, 0.6) is 5.75 Å². The third-order valence-corrected chi connectivity index (χ3v) is 3.21. The van der Waals surface area contributed by atoms with Crippen LogP contribution in [0.3, 0.4) is 0 Å². The second-order valence-electron chi connectivity index (χ2n) is 3.80. The summed E-state index contributed by atoms with van der Waals surface area (Å²) < 4.78 is 8.27. The predicted molar refractivity (Wildman–Crippen MR) is 72.7 cm³/mol. The van der Waals surface area contributed by atoms with E-state index in [1.54, 1.807) is 7.11 Å². The molecular weight excluding hydrogens is 294 g/mol. The fraction of sp³-hybridized carbons (Fsp3) is 0.0769. The van der Waals surface area contributed by atoms with Gasteiger partial charge in [-0.05, 0) is 24.3 Å². The molecule has 0 bridgehead atoms. The molecular formula is C13H10BrN3O. The molecule has 0 unspecified atom stereocenters. The normalized spacial score (nSPS) is 10.8. The van der Waals surface area contributed by atoms with Gasteiger partial charge in [-0.15, -0.1) is 10.2 Å². The van der Waals surface area contributed by atoms with Crippen LogP contribution in [0, 0.1) is 0 Å². The first-order valence-electron chi connectivity index (χ1n) is 5.43. The van der Waals surface area contributed by atoms with Crippen molar-refractivity contribution in [1.82, 2.24) is 14.6 Å². The Morgan fingerprint density at radius 1 is 1.17 bits per heavy atom. The monoisotopic (exact) mass is 303 g/mol. The second kappa shape index (κ2) is 4.42. The van der Waals surface area contributed by atoms with E-state index in [1.807, 2.05) is 47.0 Å². The summed E-state index contributed by atoms with van der Waals surface area (Å²) in [6, 6.07) is 11.6. The molecule has 0 spiro atoms. The van der Waals surface area contributed by atoms with E-state index in [4.69, 9.17) is 4.74 Å². The Kier molecular flexibility index (Phi) is 2.76. The van der Waals surface area contributed by atoms with Gasteiger partial charge in [0.05, 0.1) is 12.7 Å². The van der Waals surface area contributed by atoms with E-state index in [0.29, 0.717) is 0 Å². The Morgan fingerprint density at radius 2 is 2.00 bits per heavy atom. The quantitative estimate of drug-likeness (QED) is 0.730. The first-order valence-corrected chi connectivity index (χ1v) is 6.22. The van der Waals surface area contributed by atoms with Crippen LogP contribution in [0.15, 0.2) is 47.1 Å². The zero-order valence-corrected chi connectivity index (χ0v) is 11.3. The first kappa shape index (κ1) is 11.2. The van der Waals surface area contributed by atoms with Gasteiger partial charge in [0, 0.05) is 10.7 Å². The van der Waals surface area contributed by atoms with Crippen LogP contribution in [0.1, 0.15) is 0 Å². The minimum Gasteiger partial charge on any atom is -0.496 e. The van der Waals surface area contributed by atoms with Crippen LogP contribution in [-0.2, 0) is 0 Å². The second-order valence-corrected chi connectivity index (χ2v) is 4.71. The minimum absolute atomic E-state index is 0.773. The Balaban J connectivity index is 2.26. The molecule has 0 N–H and O–H groups in total. The van der Waals surface area contributed by atoms with Gasteiger partial charge in [-0.3, -0.25) is 4.40 Å². The Bertz CT molecular complexity index is 708. The number of hydrogen-bond acceptors (Lipinski definition) is 3. The largest absolute Gasteiger partial charge is 0.496 e. The van der Waals surface area contributed by atoms with Crippen molar-refractivity contribution < 1.29 is 4.74 Å². The highest BCUT2D eigenvalue weighted by atomic mass is 79.9. The number of rotatable bonds is 2. The third-order valence-electron chi connectivity index (χ3n) is 2.72. The molecule has 4 nitrogen and oxygen atoms in total. The van der Waals surface area contributed by atoms with Crippen LogP contribution in [0.4, 0.5) is 0 Å². The average Bonchev–Trinajstić information content (AvgIpc) is 2.81. The van der Waals surface area contributed by atoms with Crippen molar-refractivity contribution in [3.63, 3.8) is 0 Å². The number of fused-ring (bicyclic) bond motifs is 1. The zero-order chi connectivity index (χ0) is 12.5. The first-order chi connectivity index (χ1) is 8.79. The number of benzene rings is 1. The molecule has 18 heavy (non-hydrogen) atoms. The summed E-state index contributed by atoms with van der Waals surface area (Å²) in [5, 5.41) is 8.39. The van der Waals surface area contributed by atoms with Crippen molar-refractivity contribution in [3.8, 4) is 17.1 Å². The summed E-state index contributed by atoms with van der Waals surface area (Å²) >= 11 is 3.42. The van der Waals surface area contributed by atoms with Crippen LogP contribution in [0.2, 0.25) is 0 Å². The van der Waals surface area contributed by atoms with Gasteiger partial charge in [-0.25, -0.2) is 0 Å². The molecule has 3 rings (SSSR count). The fourth-order valence-electron chi connectivity index (χ4n) is 1.88. The number of methoxy groups -OCH3 is 1. The minimum atomic E-state index is 0.773. The van der Waals surface area contributed by atoms with Gasteiger partial charge in [-0.1, -0.05) is 28.1 Å². The van der Waals surface area contributed by atoms with Gasteiger partial charge in [0.15, 0.2) is 11.5 Å². The number of para-hydroxylation sites is 1. The third kappa shape index (κ3) is 1.76. The van der Waals surface area contributed by atoms with Gasteiger partial charge in [0.25, 0.3) is 0 Å². The maximum Gasteiger partial charge on any atom is 0.172 e. The SMILES string of the molecule is COc1ccccc1-c1nnc2cc(Br)ccn12. The Morgan fingerprint density at radius 3 is 2.83 bits per heavy atom. The maximum absolute atomic E-state index is 5.35.